The molecule has 5 heteroatoms. The second-order valence-electron chi connectivity index (χ2n) is 5.30. The lowest BCUT2D eigenvalue weighted by Crippen LogP contribution is -2.35. The molecule has 0 unspecified atom stereocenters. The minimum atomic E-state index is -0.485. The maximum atomic E-state index is 11.6. The monoisotopic (exact) mass is 243 g/mol. The summed E-state index contributed by atoms with van der Waals surface area (Å²) in [5, 5.41) is 1.01. The predicted molar refractivity (Wildman–Crippen MR) is 61.7 cm³/mol. The van der Waals surface area contributed by atoms with E-state index in [0.29, 0.717) is 6.41 Å². The number of esters is 1. The van der Waals surface area contributed by atoms with E-state index in [0.717, 1.165) is 30.7 Å². The summed E-state index contributed by atoms with van der Waals surface area (Å²) in [6.45, 7) is 5.32. The summed E-state index contributed by atoms with van der Waals surface area (Å²) >= 11 is 0. The zero-order valence-electron chi connectivity index (χ0n) is 10.8. The molecule has 0 radical (unpaired) electrons. The van der Waals surface area contributed by atoms with E-state index in [1.165, 1.54) is 0 Å². The van der Waals surface area contributed by atoms with E-state index in [-0.39, 0.29) is 18.6 Å². The van der Waals surface area contributed by atoms with Gasteiger partial charge in [0.25, 0.3) is 0 Å². The molecule has 0 aromatic heterocycles. The molecule has 0 aliphatic heterocycles. The third-order valence-corrected chi connectivity index (χ3v) is 2.53. The Labute approximate surface area is 102 Å². The van der Waals surface area contributed by atoms with E-state index in [2.05, 4.69) is 0 Å². The Bertz CT molecular complexity index is 266. The van der Waals surface area contributed by atoms with Crippen LogP contribution >= 0.6 is 0 Å². The SMILES string of the molecule is CC(C)(C)ON(C=O)COC(=O)C1CCCC1. The van der Waals surface area contributed by atoms with Gasteiger partial charge in [-0.2, -0.15) is 5.06 Å². The third-order valence-electron chi connectivity index (χ3n) is 2.53. The first-order valence-corrected chi connectivity index (χ1v) is 6.00. The van der Waals surface area contributed by atoms with Gasteiger partial charge in [-0.05, 0) is 33.6 Å². The van der Waals surface area contributed by atoms with Gasteiger partial charge in [-0.1, -0.05) is 12.8 Å². The number of amides is 1. The minimum Gasteiger partial charge on any atom is -0.442 e. The van der Waals surface area contributed by atoms with E-state index in [1.807, 2.05) is 20.8 Å². The molecule has 0 N–H and O–H groups in total. The van der Waals surface area contributed by atoms with Crippen molar-refractivity contribution in [1.29, 1.82) is 0 Å². The number of hydrogen-bond donors (Lipinski definition) is 0. The summed E-state index contributed by atoms with van der Waals surface area (Å²) in [5.74, 6) is -0.231. The molecule has 5 nitrogen and oxygen atoms in total. The molecular weight excluding hydrogens is 222 g/mol. The molecule has 98 valence electrons. The molecule has 0 aromatic rings. The van der Waals surface area contributed by atoms with Crippen LogP contribution in [0, 0.1) is 5.92 Å². The van der Waals surface area contributed by atoms with Gasteiger partial charge in [0, 0.05) is 0 Å². The van der Waals surface area contributed by atoms with Gasteiger partial charge in [0.05, 0.1) is 11.5 Å². The van der Waals surface area contributed by atoms with Crippen LogP contribution in [-0.4, -0.2) is 29.8 Å². The van der Waals surface area contributed by atoms with Crippen molar-refractivity contribution in [2.24, 2.45) is 5.92 Å². The Balaban J connectivity index is 2.31. The van der Waals surface area contributed by atoms with Gasteiger partial charge in [-0.15, -0.1) is 0 Å². The average molecular weight is 243 g/mol. The van der Waals surface area contributed by atoms with Gasteiger partial charge in [0.15, 0.2) is 6.73 Å². The summed E-state index contributed by atoms with van der Waals surface area (Å²) in [6, 6.07) is 0. The van der Waals surface area contributed by atoms with Crippen molar-refractivity contribution in [3.8, 4) is 0 Å². The van der Waals surface area contributed by atoms with E-state index in [9.17, 15) is 9.59 Å². The fraction of sp³-hybridized carbons (Fsp3) is 0.833. The highest BCUT2D eigenvalue weighted by atomic mass is 16.7. The molecule has 1 aliphatic rings. The maximum Gasteiger partial charge on any atom is 0.310 e. The van der Waals surface area contributed by atoms with Crippen molar-refractivity contribution in [2.45, 2.75) is 52.1 Å². The van der Waals surface area contributed by atoms with Gasteiger partial charge in [-0.25, -0.2) is 0 Å². The van der Waals surface area contributed by atoms with Crippen molar-refractivity contribution >= 4 is 12.4 Å². The standard InChI is InChI=1S/C12H21NO4/c1-12(2,3)17-13(8-14)9-16-11(15)10-6-4-5-7-10/h8,10H,4-7,9H2,1-3H3. The quantitative estimate of drug-likeness (QED) is 0.320. The molecule has 1 saturated carbocycles. The zero-order chi connectivity index (χ0) is 12.9. The lowest BCUT2D eigenvalue weighted by Gasteiger charge is -2.26. The predicted octanol–water partition coefficient (Wildman–Crippen LogP) is 1.87. The molecule has 17 heavy (non-hydrogen) atoms. The molecular formula is C12H21NO4. The lowest BCUT2D eigenvalue weighted by atomic mass is 10.1. The molecule has 1 aliphatic carbocycles. The van der Waals surface area contributed by atoms with E-state index >= 15 is 0 Å². The average Bonchev–Trinajstić information content (AvgIpc) is 2.75. The Kier molecular flexibility index (Phi) is 4.93. The van der Waals surface area contributed by atoms with E-state index in [4.69, 9.17) is 9.57 Å². The summed E-state index contributed by atoms with van der Waals surface area (Å²) in [7, 11) is 0. The lowest BCUT2D eigenvalue weighted by molar-refractivity contribution is -0.242. The van der Waals surface area contributed by atoms with Crippen LogP contribution < -0.4 is 0 Å². The number of carbonyl (C=O) groups excluding carboxylic acids is 2. The highest BCUT2D eigenvalue weighted by Gasteiger charge is 2.25. The Morgan fingerprint density at radius 3 is 2.41 bits per heavy atom. The Morgan fingerprint density at radius 2 is 1.94 bits per heavy atom. The largest absolute Gasteiger partial charge is 0.442 e. The first kappa shape index (κ1) is 14.0. The van der Waals surface area contributed by atoms with Crippen LogP contribution in [-0.2, 0) is 19.2 Å². The van der Waals surface area contributed by atoms with Crippen LogP contribution in [0.1, 0.15) is 46.5 Å². The number of rotatable bonds is 5. The van der Waals surface area contributed by atoms with Gasteiger partial charge < -0.3 is 4.74 Å². The van der Waals surface area contributed by atoms with Crippen molar-refractivity contribution in [3.05, 3.63) is 0 Å². The topological polar surface area (TPSA) is 55.8 Å². The first-order valence-electron chi connectivity index (χ1n) is 6.00. The summed E-state index contributed by atoms with van der Waals surface area (Å²) in [5.41, 5.74) is -0.485. The molecule has 1 amide bonds. The molecule has 0 spiro atoms. The minimum absolute atomic E-state index is 0.00172. The summed E-state index contributed by atoms with van der Waals surface area (Å²) < 4.78 is 5.06. The number of nitrogens with zero attached hydrogens (tertiary/aromatic N) is 1. The molecule has 0 saturated heterocycles. The van der Waals surface area contributed by atoms with Gasteiger partial charge in [-0.3, -0.25) is 14.4 Å². The second-order valence-corrected chi connectivity index (χ2v) is 5.30. The normalized spacial score (nSPS) is 16.9. The van der Waals surface area contributed by atoms with Crippen LogP contribution in [0.2, 0.25) is 0 Å². The van der Waals surface area contributed by atoms with Crippen LogP contribution in [0.3, 0.4) is 0 Å². The molecule has 0 atom stereocenters. The van der Waals surface area contributed by atoms with E-state index in [1.54, 1.807) is 0 Å². The van der Waals surface area contributed by atoms with Gasteiger partial charge >= 0.3 is 5.97 Å². The van der Waals surface area contributed by atoms with Crippen LogP contribution in [0.15, 0.2) is 0 Å². The summed E-state index contributed by atoms with van der Waals surface area (Å²) in [6.07, 6.45) is 4.46. The van der Waals surface area contributed by atoms with E-state index < -0.39 is 5.60 Å². The van der Waals surface area contributed by atoms with Crippen molar-refractivity contribution in [3.63, 3.8) is 0 Å². The Morgan fingerprint density at radius 1 is 1.35 bits per heavy atom. The van der Waals surface area contributed by atoms with Gasteiger partial charge in [0.1, 0.15) is 0 Å². The zero-order valence-corrected chi connectivity index (χ0v) is 10.8. The number of hydrogen-bond acceptors (Lipinski definition) is 4. The Hall–Kier alpha value is -1.10. The first-order chi connectivity index (χ1) is 7.92. The maximum absolute atomic E-state index is 11.6. The summed E-state index contributed by atoms with van der Waals surface area (Å²) in [4.78, 5) is 27.6. The fourth-order valence-corrected chi connectivity index (χ4v) is 1.84. The molecule has 0 heterocycles. The van der Waals surface area contributed by atoms with Crippen molar-refractivity contribution in [1.82, 2.24) is 5.06 Å². The van der Waals surface area contributed by atoms with Crippen molar-refractivity contribution < 1.29 is 19.2 Å². The van der Waals surface area contributed by atoms with Crippen LogP contribution in [0.4, 0.5) is 0 Å². The second kappa shape index (κ2) is 6.00. The third kappa shape index (κ3) is 5.17. The number of ether oxygens (including phenoxy) is 1. The highest BCUT2D eigenvalue weighted by Crippen LogP contribution is 2.25. The molecule has 0 aromatic carbocycles. The van der Waals surface area contributed by atoms with Crippen molar-refractivity contribution in [2.75, 3.05) is 6.73 Å². The smallest absolute Gasteiger partial charge is 0.310 e. The molecule has 0 bridgehead atoms. The van der Waals surface area contributed by atoms with Crippen LogP contribution in [0.5, 0.6) is 0 Å². The highest BCUT2D eigenvalue weighted by molar-refractivity contribution is 5.72. The fourth-order valence-electron chi connectivity index (χ4n) is 1.84. The van der Waals surface area contributed by atoms with Crippen LogP contribution in [0.25, 0.3) is 0 Å². The number of hydroxylamine groups is 2. The van der Waals surface area contributed by atoms with Gasteiger partial charge in [0.2, 0.25) is 6.41 Å². The molecule has 1 fully saturated rings. The number of carbonyl (C=O) groups is 2. The molecule has 1 rings (SSSR count).